The average molecular weight is 722 g/mol. The highest BCUT2D eigenvalue weighted by Gasteiger charge is 2.29. The van der Waals surface area contributed by atoms with Crippen LogP contribution in [0.5, 0.6) is 11.5 Å². The fraction of sp³-hybridized carbons (Fsp3) is 0.333. The number of benzene rings is 2. The molecule has 0 saturated heterocycles. The van der Waals surface area contributed by atoms with Crippen molar-refractivity contribution in [1.29, 1.82) is 0 Å². The van der Waals surface area contributed by atoms with Crippen LogP contribution in [0, 0.1) is 7.14 Å². The van der Waals surface area contributed by atoms with Crippen LogP contribution in [0.1, 0.15) is 11.1 Å². The quantitative estimate of drug-likeness (QED) is 0.237. The highest BCUT2D eigenvalue weighted by atomic mass is 127. The topological polar surface area (TPSA) is 114 Å². The van der Waals surface area contributed by atoms with Gasteiger partial charge < -0.3 is 28.4 Å². The van der Waals surface area contributed by atoms with Gasteiger partial charge in [-0.05, 0) is 80.6 Å². The molecule has 0 fully saturated rings. The van der Waals surface area contributed by atoms with Crippen LogP contribution >= 0.6 is 45.2 Å². The predicted octanol–water partition coefficient (Wildman–Crippen LogP) is 4.81. The molecule has 36 heavy (non-hydrogen) atoms. The van der Waals surface area contributed by atoms with Crippen molar-refractivity contribution < 1.29 is 38.0 Å². The number of aliphatic imine (C=N–C) groups is 2. The third kappa shape index (κ3) is 7.21. The minimum Gasteiger partial charge on any atom is -0.483 e. The summed E-state index contributed by atoms with van der Waals surface area (Å²) in [5.74, 6) is 1.81. The van der Waals surface area contributed by atoms with Gasteiger partial charge in [-0.1, -0.05) is 12.1 Å². The number of carbonyl (C=O) groups is 2. The molecule has 0 bridgehead atoms. The van der Waals surface area contributed by atoms with E-state index < -0.39 is 12.3 Å². The van der Waals surface area contributed by atoms with Crippen LogP contribution in [0.4, 0.5) is 9.59 Å². The first kappa shape index (κ1) is 28.0. The van der Waals surface area contributed by atoms with Crippen LogP contribution in [0.2, 0.25) is 0 Å². The van der Waals surface area contributed by atoms with Crippen molar-refractivity contribution in [2.45, 2.75) is 24.9 Å². The zero-order valence-corrected chi connectivity index (χ0v) is 24.3. The Morgan fingerprint density at radius 2 is 1.11 bits per heavy atom. The van der Waals surface area contributed by atoms with Crippen LogP contribution < -0.4 is 9.47 Å². The van der Waals surface area contributed by atoms with Gasteiger partial charge in [-0.15, -0.1) is 0 Å². The highest BCUT2D eigenvalue weighted by molar-refractivity contribution is 14.1. The number of hydrogen-bond acceptors (Lipinski definition) is 10. The van der Waals surface area contributed by atoms with Gasteiger partial charge in [0.25, 0.3) is 0 Å². The third-order valence-electron chi connectivity index (χ3n) is 5.13. The Morgan fingerprint density at radius 1 is 0.722 bits per heavy atom. The lowest BCUT2D eigenvalue weighted by atomic mass is 10.0. The second kappa shape index (κ2) is 13.1. The normalized spacial score (nSPS) is 16.8. The molecule has 0 N–H and O–H groups in total. The van der Waals surface area contributed by atoms with Gasteiger partial charge in [0.05, 0.1) is 35.6 Å². The maximum absolute atomic E-state index is 11.4. The number of halogens is 2. The number of methoxy groups -OCH3 is 4. The van der Waals surface area contributed by atoms with Crippen molar-refractivity contribution in [2.24, 2.45) is 9.98 Å². The van der Waals surface area contributed by atoms with Gasteiger partial charge in [0.2, 0.25) is 11.8 Å². The minimum atomic E-state index is -0.776. The average Bonchev–Trinajstić information content (AvgIpc) is 2.87. The Labute approximate surface area is 235 Å². The van der Waals surface area contributed by atoms with E-state index in [1.165, 1.54) is 14.2 Å². The molecule has 2 aromatic rings. The lowest BCUT2D eigenvalue weighted by Crippen LogP contribution is -2.37. The highest BCUT2D eigenvalue weighted by Crippen LogP contribution is 2.27. The van der Waals surface area contributed by atoms with Gasteiger partial charge in [-0.25, -0.2) is 19.6 Å². The predicted molar refractivity (Wildman–Crippen MR) is 148 cm³/mol. The molecule has 1 aliphatic heterocycles. The van der Waals surface area contributed by atoms with Crippen LogP contribution in [-0.4, -0.2) is 64.6 Å². The molecular formula is C24H24I2N2O8. The fourth-order valence-electron chi connectivity index (χ4n) is 3.45. The summed E-state index contributed by atoms with van der Waals surface area (Å²) in [4.78, 5) is 32.3. The third-order valence-corrected chi connectivity index (χ3v) is 6.81. The van der Waals surface area contributed by atoms with Gasteiger partial charge in [0, 0.05) is 12.8 Å². The molecule has 3 rings (SSSR count). The smallest absolute Gasteiger partial charge is 0.483 e. The van der Waals surface area contributed by atoms with Crippen molar-refractivity contribution in [1.82, 2.24) is 0 Å². The number of ether oxygens (including phenoxy) is 6. The molecule has 0 aromatic heterocycles. The van der Waals surface area contributed by atoms with Gasteiger partial charge in [0.1, 0.15) is 23.6 Å². The number of nitrogens with zero attached hydrogens (tertiary/aromatic N) is 2. The lowest BCUT2D eigenvalue weighted by molar-refractivity contribution is 0.120. The second-order valence-corrected chi connectivity index (χ2v) is 9.75. The zero-order chi connectivity index (χ0) is 26.2. The SMILES string of the molecule is COC(=O)Oc1ccc(C[C@@H]2N=C(OC)[C@H](Cc3ccc(OC(=O)OC)c(I)c3)N=C2OC)cc1I. The summed E-state index contributed by atoms with van der Waals surface area (Å²) in [5, 5.41) is 0. The largest absolute Gasteiger partial charge is 0.513 e. The molecule has 0 unspecified atom stereocenters. The molecule has 0 aliphatic carbocycles. The maximum Gasteiger partial charge on any atom is 0.513 e. The van der Waals surface area contributed by atoms with Crippen LogP contribution in [0.25, 0.3) is 0 Å². The molecule has 1 aliphatic rings. The molecule has 192 valence electrons. The van der Waals surface area contributed by atoms with E-state index in [9.17, 15) is 9.59 Å². The van der Waals surface area contributed by atoms with Gasteiger partial charge >= 0.3 is 12.3 Å². The van der Waals surface area contributed by atoms with Gasteiger partial charge in [-0.2, -0.15) is 0 Å². The monoisotopic (exact) mass is 722 g/mol. The van der Waals surface area contributed by atoms with Gasteiger partial charge in [0.15, 0.2) is 0 Å². The summed E-state index contributed by atoms with van der Waals surface area (Å²) in [5.41, 5.74) is 1.92. The summed E-state index contributed by atoms with van der Waals surface area (Å²) < 4.78 is 32.0. The molecule has 0 saturated carbocycles. The maximum atomic E-state index is 11.4. The molecule has 2 atom stereocenters. The van der Waals surface area contributed by atoms with Crippen molar-refractivity contribution >= 4 is 69.3 Å². The summed E-state index contributed by atoms with van der Waals surface area (Å²) in [6, 6.07) is 10.2. The first-order valence-corrected chi connectivity index (χ1v) is 12.8. The Bertz CT molecular complexity index is 1090. The lowest BCUT2D eigenvalue weighted by Gasteiger charge is -2.25. The van der Waals surface area contributed by atoms with E-state index in [2.05, 4.69) is 54.7 Å². The summed E-state index contributed by atoms with van der Waals surface area (Å²) in [6.45, 7) is 0. The standard InChI is InChI=1S/C24H24I2N2O8/c1-31-21-17(11-13-5-7-19(15(25)9-13)35-23(29)33-3)28-22(32-2)18(27-21)12-14-6-8-20(16(26)10-14)36-24(30)34-4/h5-10,17-18H,11-12H2,1-4H3/t17-,18-/m0/s1. The molecule has 12 heteroatoms. The molecule has 1 heterocycles. The van der Waals surface area contributed by atoms with E-state index in [-0.39, 0.29) is 12.1 Å². The van der Waals surface area contributed by atoms with Gasteiger partial charge in [-0.3, -0.25) is 0 Å². The summed E-state index contributed by atoms with van der Waals surface area (Å²) >= 11 is 4.19. The Morgan fingerprint density at radius 3 is 1.42 bits per heavy atom. The zero-order valence-electron chi connectivity index (χ0n) is 19.9. The summed E-state index contributed by atoms with van der Waals surface area (Å²) in [7, 11) is 5.64. The van der Waals surface area contributed by atoms with E-state index >= 15 is 0 Å². The van der Waals surface area contributed by atoms with Crippen LogP contribution in [0.3, 0.4) is 0 Å². The molecular weight excluding hydrogens is 698 g/mol. The molecule has 10 nitrogen and oxygen atoms in total. The van der Waals surface area contributed by atoms with Crippen molar-refractivity contribution in [3.8, 4) is 11.5 Å². The Kier molecular flexibility index (Phi) is 10.2. The van der Waals surface area contributed by atoms with E-state index in [0.717, 1.165) is 18.3 Å². The minimum absolute atomic E-state index is 0.375. The second-order valence-electron chi connectivity index (χ2n) is 7.42. The van der Waals surface area contributed by atoms with Crippen LogP contribution in [0.15, 0.2) is 46.4 Å². The summed E-state index contributed by atoms with van der Waals surface area (Å²) in [6.07, 6.45) is -0.527. The van der Waals surface area contributed by atoms with E-state index in [1.807, 2.05) is 24.3 Å². The number of rotatable bonds is 6. The first-order chi connectivity index (χ1) is 17.3. The number of carbonyl (C=O) groups excluding carboxylic acids is 2. The van der Waals surface area contributed by atoms with E-state index in [4.69, 9.17) is 28.9 Å². The van der Waals surface area contributed by atoms with E-state index in [0.29, 0.717) is 36.1 Å². The van der Waals surface area contributed by atoms with Crippen molar-refractivity contribution in [3.63, 3.8) is 0 Å². The first-order valence-electron chi connectivity index (χ1n) is 10.6. The van der Waals surface area contributed by atoms with E-state index in [1.54, 1.807) is 26.4 Å². The molecule has 0 spiro atoms. The number of hydrogen-bond donors (Lipinski definition) is 0. The molecule has 0 amide bonds. The van der Waals surface area contributed by atoms with Crippen molar-refractivity contribution in [2.75, 3.05) is 28.4 Å². The Hall–Kier alpha value is -2.62. The van der Waals surface area contributed by atoms with Crippen molar-refractivity contribution in [3.05, 3.63) is 54.7 Å². The Balaban J connectivity index is 1.76. The van der Waals surface area contributed by atoms with Crippen LogP contribution in [-0.2, 0) is 31.8 Å². The fourth-order valence-corrected chi connectivity index (χ4v) is 4.83. The molecule has 0 radical (unpaired) electrons. The molecule has 2 aromatic carbocycles.